The van der Waals surface area contributed by atoms with Crippen LogP contribution in [0, 0.1) is 6.92 Å². The molecule has 0 spiro atoms. The minimum absolute atomic E-state index is 0.0852. The molecule has 0 aliphatic carbocycles. The van der Waals surface area contributed by atoms with E-state index < -0.39 is 0 Å². The van der Waals surface area contributed by atoms with Crippen LogP contribution in [0.3, 0.4) is 0 Å². The van der Waals surface area contributed by atoms with E-state index in [0.29, 0.717) is 17.1 Å². The summed E-state index contributed by atoms with van der Waals surface area (Å²) in [6.45, 7) is 12.1. The Hall–Kier alpha value is -3.21. The van der Waals surface area contributed by atoms with Crippen molar-refractivity contribution in [2.75, 3.05) is 0 Å². The minimum atomic E-state index is -0.218. The topological polar surface area (TPSA) is 62.5 Å². The Morgan fingerprint density at radius 3 is 2.25 bits per heavy atom. The maximum absolute atomic E-state index is 12.8. The number of nitrogens with zero attached hydrogens (tertiary/aromatic N) is 3. The standard InChI is InChI=1S/C23H26N4O/c1-6-7-17-8-14-20(15-9-17)27-22(28)21(16(2)26-27)25-24-19-12-10-18(11-13-19)23(3,4)5/h6,8-15,26H,1,7H2,2-5H3. The Morgan fingerprint density at radius 1 is 1.04 bits per heavy atom. The summed E-state index contributed by atoms with van der Waals surface area (Å²) >= 11 is 0. The van der Waals surface area contributed by atoms with Crippen LogP contribution in [0.15, 0.2) is 76.2 Å². The van der Waals surface area contributed by atoms with E-state index in [1.54, 1.807) is 0 Å². The fourth-order valence-corrected chi connectivity index (χ4v) is 2.92. The molecule has 0 saturated carbocycles. The molecule has 144 valence electrons. The number of hydrogen-bond acceptors (Lipinski definition) is 3. The number of azo groups is 1. The lowest BCUT2D eigenvalue weighted by Gasteiger charge is -2.18. The van der Waals surface area contributed by atoms with Gasteiger partial charge in [-0.25, -0.2) is 4.68 Å². The minimum Gasteiger partial charge on any atom is -0.293 e. The monoisotopic (exact) mass is 374 g/mol. The van der Waals surface area contributed by atoms with Crippen LogP contribution in [-0.2, 0) is 11.8 Å². The highest BCUT2D eigenvalue weighted by Gasteiger charge is 2.14. The van der Waals surface area contributed by atoms with Crippen LogP contribution in [0.5, 0.6) is 0 Å². The summed E-state index contributed by atoms with van der Waals surface area (Å²) in [5, 5.41) is 11.5. The van der Waals surface area contributed by atoms with E-state index in [-0.39, 0.29) is 11.0 Å². The normalized spacial score (nSPS) is 11.9. The molecule has 0 amide bonds. The molecule has 3 rings (SSSR count). The molecule has 5 nitrogen and oxygen atoms in total. The molecule has 1 aromatic heterocycles. The summed E-state index contributed by atoms with van der Waals surface area (Å²) in [6, 6.07) is 15.7. The van der Waals surface area contributed by atoms with Gasteiger partial charge in [-0.3, -0.25) is 9.89 Å². The van der Waals surface area contributed by atoms with Gasteiger partial charge in [0.2, 0.25) is 0 Å². The predicted octanol–water partition coefficient (Wildman–Crippen LogP) is 5.92. The first kappa shape index (κ1) is 19.5. The van der Waals surface area contributed by atoms with E-state index in [1.807, 2.05) is 61.5 Å². The molecule has 28 heavy (non-hydrogen) atoms. The fourth-order valence-electron chi connectivity index (χ4n) is 2.92. The summed E-state index contributed by atoms with van der Waals surface area (Å²) in [5.74, 6) is 0. The number of aromatic nitrogens is 2. The number of hydrogen-bond donors (Lipinski definition) is 1. The molecule has 0 aliphatic heterocycles. The van der Waals surface area contributed by atoms with Crippen LogP contribution < -0.4 is 5.56 Å². The van der Waals surface area contributed by atoms with Crippen molar-refractivity contribution < 1.29 is 0 Å². The van der Waals surface area contributed by atoms with Gasteiger partial charge >= 0.3 is 0 Å². The lowest BCUT2D eigenvalue weighted by Crippen LogP contribution is -2.13. The van der Waals surface area contributed by atoms with Crippen molar-refractivity contribution >= 4 is 11.4 Å². The Labute approximate surface area is 165 Å². The van der Waals surface area contributed by atoms with Crippen molar-refractivity contribution in [2.45, 2.75) is 39.5 Å². The van der Waals surface area contributed by atoms with Gasteiger partial charge < -0.3 is 0 Å². The molecule has 0 saturated heterocycles. The molecule has 3 aromatic rings. The highest BCUT2D eigenvalue weighted by atomic mass is 16.1. The highest BCUT2D eigenvalue weighted by Crippen LogP contribution is 2.25. The number of H-pyrrole nitrogens is 1. The maximum atomic E-state index is 12.8. The molecular weight excluding hydrogens is 348 g/mol. The summed E-state index contributed by atoms with van der Waals surface area (Å²) in [6.07, 6.45) is 2.65. The number of nitrogens with one attached hydrogen (secondary N) is 1. The van der Waals surface area contributed by atoms with Gasteiger partial charge in [0.25, 0.3) is 5.56 Å². The van der Waals surface area contributed by atoms with E-state index in [9.17, 15) is 4.79 Å². The van der Waals surface area contributed by atoms with Crippen molar-refractivity contribution in [2.24, 2.45) is 10.2 Å². The first-order valence-corrected chi connectivity index (χ1v) is 9.33. The van der Waals surface area contributed by atoms with Crippen LogP contribution in [0.1, 0.15) is 37.6 Å². The molecule has 1 N–H and O–H groups in total. The average molecular weight is 374 g/mol. The van der Waals surface area contributed by atoms with E-state index in [4.69, 9.17) is 0 Å². The van der Waals surface area contributed by atoms with Crippen molar-refractivity contribution in [1.82, 2.24) is 9.78 Å². The van der Waals surface area contributed by atoms with Crippen molar-refractivity contribution in [1.29, 1.82) is 0 Å². The smallest absolute Gasteiger partial charge is 0.293 e. The molecule has 0 bridgehead atoms. The second kappa shape index (κ2) is 7.80. The second-order valence-corrected chi connectivity index (χ2v) is 7.88. The third-order valence-corrected chi connectivity index (χ3v) is 4.61. The van der Waals surface area contributed by atoms with Gasteiger partial charge in [-0.2, -0.15) is 5.11 Å². The molecule has 0 radical (unpaired) electrons. The zero-order valence-electron chi connectivity index (χ0n) is 16.9. The maximum Gasteiger partial charge on any atom is 0.299 e. The molecule has 2 aromatic carbocycles. The molecular formula is C23H26N4O. The highest BCUT2D eigenvalue weighted by molar-refractivity contribution is 5.45. The van der Waals surface area contributed by atoms with E-state index in [0.717, 1.165) is 17.7 Å². The predicted molar refractivity (Wildman–Crippen MR) is 114 cm³/mol. The largest absolute Gasteiger partial charge is 0.299 e. The van der Waals surface area contributed by atoms with Gasteiger partial charge in [-0.15, -0.1) is 11.7 Å². The van der Waals surface area contributed by atoms with Gasteiger partial charge in [0.1, 0.15) is 0 Å². The second-order valence-electron chi connectivity index (χ2n) is 7.88. The lowest BCUT2D eigenvalue weighted by atomic mass is 9.87. The summed E-state index contributed by atoms with van der Waals surface area (Å²) in [5.41, 5.74) is 4.71. The van der Waals surface area contributed by atoms with Crippen molar-refractivity contribution in [3.8, 4) is 5.69 Å². The Morgan fingerprint density at radius 2 is 1.68 bits per heavy atom. The van der Waals surface area contributed by atoms with Gasteiger partial charge in [0, 0.05) is 0 Å². The number of allylic oxidation sites excluding steroid dienone is 1. The lowest BCUT2D eigenvalue weighted by molar-refractivity contribution is 0.590. The zero-order valence-corrected chi connectivity index (χ0v) is 16.9. The van der Waals surface area contributed by atoms with Crippen LogP contribution in [-0.4, -0.2) is 9.78 Å². The number of aryl methyl sites for hydroxylation is 1. The molecule has 0 unspecified atom stereocenters. The summed E-state index contributed by atoms with van der Waals surface area (Å²) in [7, 11) is 0. The first-order chi connectivity index (χ1) is 13.3. The van der Waals surface area contributed by atoms with Gasteiger partial charge in [0.05, 0.1) is 17.1 Å². The number of rotatable bonds is 5. The Bertz CT molecular complexity index is 1050. The van der Waals surface area contributed by atoms with Gasteiger partial charge in [-0.05, 0) is 54.2 Å². The average Bonchev–Trinajstić information content (AvgIpc) is 2.94. The molecule has 5 heteroatoms. The molecule has 0 atom stereocenters. The van der Waals surface area contributed by atoms with Crippen LogP contribution in [0.4, 0.5) is 11.4 Å². The van der Waals surface area contributed by atoms with Crippen molar-refractivity contribution in [3.63, 3.8) is 0 Å². The molecule has 1 heterocycles. The Kier molecular flexibility index (Phi) is 5.45. The third-order valence-electron chi connectivity index (χ3n) is 4.61. The Balaban J connectivity index is 1.86. The zero-order chi connectivity index (χ0) is 20.3. The molecule has 0 fully saturated rings. The van der Waals surface area contributed by atoms with E-state index in [1.165, 1.54) is 10.2 Å². The summed E-state index contributed by atoms with van der Waals surface area (Å²) in [4.78, 5) is 12.8. The van der Waals surface area contributed by atoms with E-state index >= 15 is 0 Å². The fraction of sp³-hybridized carbons (Fsp3) is 0.261. The first-order valence-electron chi connectivity index (χ1n) is 9.33. The van der Waals surface area contributed by atoms with Crippen LogP contribution in [0.25, 0.3) is 5.69 Å². The molecule has 0 aliphatic rings. The quantitative estimate of drug-likeness (QED) is 0.437. The summed E-state index contributed by atoms with van der Waals surface area (Å²) < 4.78 is 1.49. The van der Waals surface area contributed by atoms with Crippen LogP contribution in [0.2, 0.25) is 0 Å². The third kappa shape index (κ3) is 4.19. The van der Waals surface area contributed by atoms with Gasteiger partial charge in [0.15, 0.2) is 5.69 Å². The number of benzene rings is 2. The van der Waals surface area contributed by atoms with Gasteiger partial charge in [-0.1, -0.05) is 51.1 Å². The number of aromatic amines is 1. The van der Waals surface area contributed by atoms with E-state index in [2.05, 4.69) is 42.7 Å². The van der Waals surface area contributed by atoms with Crippen LogP contribution >= 0.6 is 0 Å². The van der Waals surface area contributed by atoms with Crippen molar-refractivity contribution in [3.05, 3.63) is 88.4 Å². The SMILES string of the molecule is C=CCc1ccc(-n2[nH]c(C)c(N=Nc3ccc(C(C)(C)C)cc3)c2=O)cc1.